The molecular formula is C29H34N2O4. The maximum Gasteiger partial charge on any atom is 0.290 e. The van der Waals surface area contributed by atoms with Gasteiger partial charge in [-0.3, -0.25) is 9.59 Å². The van der Waals surface area contributed by atoms with Gasteiger partial charge in [-0.05, 0) is 55.4 Å². The zero-order chi connectivity index (χ0) is 25.2. The summed E-state index contributed by atoms with van der Waals surface area (Å²) in [5.41, 5.74) is 1.66. The molecule has 1 heterocycles. The van der Waals surface area contributed by atoms with Crippen molar-refractivity contribution in [2.75, 3.05) is 32.8 Å². The van der Waals surface area contributed by atoms with E-state index >= 15 is 0 Å². The van der Waals surface area contributed by atoms with Crippen LogP contribution in [-0.4, -0.2) is 59.4 Å². The first kappa shape index (κ1) is 26.0. The van der Waals surface area contributed by atoms with E-state index in [1.165, 1.54) is 6.08 Å². The fraction of sp³-hybridized carbons (Fsp3) is 0.310. The summed E-state index contributed by atoms with van der Waals surface area (Å²) in [7, 11) is 0. The first-order chi connectivity index (χ1) is 17.0. The normalized spacial score (nSPS) is 15.9. The lowest BCUT2D eigenvalue weighted by Gasteiger charge is -2.28. The Labute approximate surface area is 207 Å². The Morgan fingerprint density at radius 2 is 1.89 bits per heavy atom. The highest BCUT2D eigenvalue weighted by Crippen LogP contribution is 2.39. The minimum absolute atomic E-state index is 0.0888. The number of carbonyl (C=O) groups is 2. The van der Waals surface area contributed by atoms with Crippen LogP contribution in [-0.2, 0) is 9.59 Å². The van der Waals surface area contributed by atoms with Crippen molar-refractivity contribution < 1.29 is 19.4 Å². The first-order valence-electron chi connectivity index (χ1n) is 12.1. The number of aliphatic hydroxyl groups is 1. The Morgan fingerprint density at radius 1 is 1.14 bits per heavy atom. The molecule has 6 heteroatoms. The van der Waals surface area contributed by atoms with Crippen LogP contribution in [0.2, 0.25) is 0 Å². The summed E-state index contributed by atoms with van der Waals surface area (Å²) >= 11 is 0. The van der Waals surface area contributed by atoms with Crippen LogP contribution < -0.4 is 4.74 Å². The van der Waals surface area contributed by atoms with Crippen molar-refractivity contribution in [3.63, 3.8) is 0 Å². The summed E-state index contributed by atoms with van der Waals surface area (Å²) in [6, 6.07) is 16.0. The zero-order valence-electron chi connectivity index (χ0n) is 20.5. The lowest BCUT2D eigenvalue weighted by Crippen LogP contribution is -2.34. The van der Waals surface area contributed by atoms with Gasteiger partial charge < -0.3 is 19.6 Å². The number of ketones is 1. The van der Waals surface area contributed by atoms with Crippen LogP contribution in [0, 0.1) is 0 Å². The first-order valence-corrected chi connectivity index (χ1v) is 12.1. The van der Waals surface area contributed by atoms with Crippen molar-refractivity contribution in [3.8, 4) is 5.75 Å². The second kappa shape index (κ2) is 12.7. The summed E-state index contributed by atoms with van der Waals surface area (Å²) in [6.07, 6.45) is 5.49. The summed E-state index contributed by atoms with van der Waals surface area (Å²) in [5, 5.41) is 10.8. The second-order valence-corrected chi connectivity index (χ2v) is 8.32. The number of hydrogen-bond acceptors (Lipinski definition) is 5. The Balaban J connectivity index is 1.93. The van der Waals surface area contributed by atoms with E-state index in [1.807, 2.05) is 54.6 Å². The van der Waals surface area contributed by atoms with Gasteiger partial charge >= 0.3 is 0 Å². The Kier molecular flexibility index (Phi) is 9.44. The van der Waals surface area contributed by atoms with Gasteiger partial charge in [0.2, 0.25) is 0 Å². The van der Waals surface area contributed by atoms with Gasteiger partial charge in [-0.2, -0.15) is 0 Å². The van der Waals surface area contributed by atoms with E-state index in [0.717, 1.165) is 31.6 Å². The number of hydrogen-bond donors (Lipinski definition) is 1. The number of ether oxygens (including phenoxy) is 1. The molecule has 0 saturated carbocycles. The van der Waals surface area contributed by atoms with Gasteiger partial charge in [-0.25, -0.2) is 0 Å². The smallest absolute Gasteiger partial charge is 0.290 e. The van der Waals surface area contributed by atoms with Crippen LogP contribution in [0.4, 0.5) is 0 Å². The quantitative estimate of drug-likeness (QED) is 0.328. The third-order valence-electron chi connectivity index (χ3n) is 6.11. The molecule has 3 rings (SSSR count). The molecule has 0 fully saturated rings. The van der Waals surface area contributed by atoms with Crippen molar-refractivity contribution in [2.45, 2.75) is 26.3 Å². The molecule has 1 amide bonds. The minimum atomic E-state index is -0.695. The summed E-state index contributed by atoms with van der Waals surface area (Å²) in [4.78, 5) is 30.3. The van der Waals surface area contributed by atoms with E-state index in [2.05, 4.69) is 25.3 Å². The van der Waals surface area contributed by atoms with Crippen LogP contribution in [0.5, 0.6) is 5.75 Å². The Hall–Kier alpha value is -3.64. The average Bonchev–Trinajstić information content (AvgIpc) is 3.14. The molecular weight excluding hydrogens is 440 g/mol. The van der Waals surface area contributed by atoms with E-state index < -0.39 is 23.5 Å². The number of aliphatic hydroxyl groups excluding tert-OH is 1. The number of rotatable bonds is 13. The van der Waals surface area contributed by atoms with Gasteiger partial charge in [-0.15, -0.1) is 0 Å². The summed E-state index contributed by atoms with van der Waals surface area (Å²) in [5.74, 6) is -0.800. The monoisotopic (exact) mass is 474 g/mol. The molecule has 6 nitrogen and oxygen atoms in total. The molecule has 1 unspecified atom stereocenters. The van der Waals surface area contributed by atoms with E-state index in [9.17, 15) is 14.7 Å². The van der Waals surface area contributed by atoms with E-state index in [0.29, 0.717) is 24.5 Å². The number of amides is 1. The highest BCUT2D eigenvalue weighted by atomic mass is 16.5. The topological polar surface area (TPSA) is 70.1 Å². The van der Waals surface area contributed by atoms with Crippen molar-refractivity contribution in [1.82, 2.24) is 9.80 Å². The maximum atomic E-state index is 13.3. The second-order valence-electron chi connectivity index (χ2n) is 8.32. The minimum Gasteiger partial charge on any atom is -0.503 e. The van der Waals surface area contributed by atoms with E-state index in [1.54, 1.807) is 17.1 Å². The zero-order valence-corrected chi connectivity index (χ0v) is 20.5. The lowest BCUT2D eigenvalue weighted by molar-refractivity contribution is -0.129. The molecule has 0 saturated heterocycles. The predicted molar refractivity (Wildman–Crippen MR) is 139 cm³/mol. The molecule has 0 spiro atoms. The third kappa shape index (κ3) is 6.49. The summed E-state index contributed by atoms with van der Waals surface area (Å²) < 4.78 is 5.68. The van der Waals surface area contributed by atoms with Crippen LogP contribution >= 0.6 is 0 Å². The summed E-state index contributed by atoms with van der Waals surface area (Å²) in [6.45, 7) is 11.3. The van der Waals surface area contributed by atoms with Gasteiger partial charge in [0, 0.05) is 6.54 Å². The maximum absolute atomic E-state index is 13.3. The van der Waals surface area contributed by atoms with Crippen LogP contribution in [0.3, 0.4) is 0 Å². The molecule has 184 valence electrons. The molecule has 1 N–H and O–H groups in total. The highest BCUT2D eigenvalue weighted by molar-refractivity contribution is 6.14. The van der Waals surface area contributed by atoms with Crippen LogP contribution in [0.15, 0.2) is 84.7 Å². The average molecular weight is 475 g/mol. The number of allylic oxidation sites excluding steroid dienone is 1. The van der Waals surface area contributed by atoms with Crippen molar-refractivity contribution in [3.05, 3.63) is 95.8 Å². The third-order valence-corrected chi connectivity index (χ3v) is 6.11. The SMILES string of the molecule is C=CCOc1cccc(C2C(C(=O)/C=C/c3ccccc3)=C(O)C(=O)N2CCCN(CC)CC)c1. The Bertz CT molecular complexity index is 1090. The standard InChI is InChI=1S/C29H34N2O4/c1-4-20-35-24-15-10-14-23(21-24)27-26(25(32)17-16-22-12-8-7-9-13-22)28(33)29(34)31(27)19-11-18-30(5-2)6-3/h4,7-10,12-17,21,27,33H,1,5-6,11,18-20H2,2-3H3/b17-16+. The molecule has 0 radical (unpaired) electrons. The predicted octanol–water partition coefficient (Wildman–Crippen LogP) is 4.96. The van der Waals surface area contributed by atoms with E-state index in [4.69, 9.17) is 4.74 Å². The molecule has 0 aromatic heterocycles. The molecule has 1 aliphatic rings. The highest BCUT2D eigenvalue weighted by Gasteiger charge is 2.42. The molecule has 1 aliphatic heterocycles. The van der Waals surface area contributed by atoms with Gasteiger partial charge in [0.1, 0.15) is 12.4 Å². The fourth-order valence-corrected chi connectivity index (χ4v) is 4.24. The van der Waals surface area contributed by atoms with Crippen LogP contribution in [0.25, 0.3) is 6.08 Å². The largest absolute Gasteiger partial charge is 0.503 e. The van der Waals surface area contributed by atoms with Crippen molar-refractivity contribution in [1.29, 1.82) is 0 Å². The van der Waals surface area contributed by atoms with Gasteiger partial charge in [-0.1, -0.05) is 75.0 Å². The molecule has 35 heavy (non-hydrogen) atoms. The van der Waals surface area contributed by atoms with Crippen LogP contribution in [0.1, 0.15) is 37.4 Å². The number of carbonyl (C=O) groups excluding carboxylic acids is 2. The van der Waals surface area contributed by atoms with Gasteiger partial charge in [0.05, 0.1) is 11.6 Å². The fourth-order valence-electron chi connectivity index (χ4n) is 4.24. The molecule has 0 aliphatic carbocycles. The molecule has 0 bridgehead atoms. The molecule has 1 atom stereocenters. The molecule has 2 aromatic carbocycles. The van der Waals surface area contributed by atoms with Crippen molar-refractivity contribution in [2.24, 2.45) is 0 Å². The lowest BCUT2D eigenvalue weighted by atomic mass is 9.95. The van der Waals surface area contributed by atoms with Gasteiger partial charge in [0.15, 0.2) is 11.5 Å². The van der Waals surface area contributed by atoms with Gasteiger partial charge in [0.25, 0.3) is 5.91 Å². The Morgan fingerprint density at radius 3 is 2.57 bits per heavy atom. The van der Waals surface area contributed by atoms with Crippen molar-refractivity contribution >= 4 is 17.8 Å². The number of benzene rings is 2. The number of nitrogens with zero attached hydrogens (tertiary/aromatic N) is 2. The van der Waals surface area contributed by atoms with E-state index in [-0.39, 0.29) is 5.57 Å². The molecule has 2 aromatic rings.